The van der Waals surface area contributed by atoms with Gasteiger partial charge in [-0.1, -0.05) is 57.4 Å². The molecule has 0 radical (unpaired) electrons. The Labute approximate surface area is 260 Å². The molecule has 3 fully saturated rings. The second-order valence-electron chi connectivity index (χ2n) is 13.7. The summed E-state index contributed by atoms with van der Waals surface area (Å²) in [7, 11) is 0. The molecular formula is C35H47N3O6. The zero-order chi connectivity index (χ0) is 31.2. The van der Waals surface area contributed by atoms with Crippen LogP contribution in [0.15, 0.2) is 48.6 Å². The third-order valence-corrected chi connectivity index (χ3v) is 10.3. The Morgan fingerprint density at radius 2 is 1.66 bits per heavy atom. The number of aliphatic hydroxyl groups excluding tert-OH is 1. The lowest BCUT2D eigenvalue weighted by Gasteiger charge is -2.42. The van der Waals surface area contributed by atoms with E-state index in [1.54, 1.807) is 9.80 Å². The second-order valence-corrected chi connectivity index (χ2v) is 13.7. The van der Waals surface area contributed by atoms with Gasteiger partial charge in [0.1, 0.15) is 17.4 Å². The van der Waals surface area contributed by atoms with Crippen molar-refractivity contribution in [2.45, 2.75) is 95.5 Å². The van der Waals surface area contributed by atoms with Crippen molar-refractivity contribution in [2.75, 3.05) is 31.2 Å². The Morgan fingerprint density at radius 1 is 0.955 bits per heavy atom. The normalized spacial score (nSPS) is 32.9. The molecule has 1 saturated carbocycles. The first kappa shape index (κ1) is 30.8. The molecule has 44 heavy (non-hydrogen) atoms. The van der Waals surface area contributed by atoms with Crippen LogP contribution in [0.25, 0.3) is 0 Å². The highest BCUT2D eigenvalue weighted by Gasteiger charge is 2.75. The standard InChI is InChI=1S/C35H47N3O6/c1-5-43-27-15-13-25(14-16-27)36-19-9-17-34(4)28(31(36)40)29-32(41)38(26(22-39)21-23(2)3)30-33(42)37(24-11-7-6-8-12-24)20-10-18-35(29,30)44-34/h9-10,13-18,23-24,26,28-30,39H,5-8,11-12,19-22H2,1-4H3/t26-,28-,29+,30?,34+,35+/m1/s1. The number of fused-ring (bicyclic) bond motifs is 2. The first-order chi connectivity index (χ1) is 21.1. The van der Waals surface area contributed by atoms with E-state index in [2.05, 4.69) is 0 Å². The molecule has 0 bridgehead atoms. The molecule has 1 unspecified atom stereocenters. The van der Waals surface area contributed by atoms with Crippen LogP contribution in [-0.2, 0) is 19.1 Å². The Balaban J connectivity index is 1.44. The van der Waals surface area contributed by atoms with Gasteiger partial charge in [0.25, 0.3) is 0 Å². The van der Waals surface area contributed by atoms with Crippen molar-refractivity contribution < 1.29 is 29.0 Å². The summed E-state index contributed by atoms with van der Waals surface area (Å²) >= 11 is 0. The lowest BCUT2D eigenvalue weighted by molar-refractivity contribution is -0.156. The van der Waals surface area contributed by atoms with Crippen LogP contribution in [0.4, 0.5) is 5.69 Å². The maximum Gasteiger partial charge on any atom is 0.249 e. The van der Waals surface area contributed by atoms with Crippen LogP contribution >= 0.6 is 0 Å². The Morgan fingerprint density at radius 3 is 2.32 bits per heavy atom. The lowest BCUT2D eigenvalue weighted by Crippen LogP contribution is -2.60. The van der Waals surface area contributed by atoms with Crippen molar-refractivity contribution in [3.63, 3.8) is 0 Å². The number of ether oxygens (including phenoxy) is 2. The van der Waals surface area contributed by atoms with E-state index in [1.807, 2.05) is 81.2 Å². The van der Waals surface area contributed by atoms with E-state index in [1.165, 1.54) is 0 Å². The maximum absolute atomic E-state index is 14.8. The number of rotatable bonds is 8. The SMILES string of the molecule is CCOc1ccc(N2CC=C[C@]3(C)O[C@]45C=CCN(C6CCCCC6)C(=O)C4N([C@@H](CO)CC(C)C)C(=O)[C@@H]5[C@@H]3C2=O)cc1. The molecule has 4 heterocycles. The van der Waals surface area contributed by atoms with E-state index in [0.29, 0.717) is 31.8 Å². The summed E-state index contributed by atoms with van der Waals surface area (Å²) in [5, 5.41) is 10.6. The van der Waals surface area contributed by atoms with Crippen LogP contribution in [0.2, 0.25) is 0 Å². The fraction of sp³-hybridized carbons (Fsp3) is 0.629. The van der Waals surface area contributed by atoms with E-state index in [4.69, 9.17) is 9.47 Å². The van der Waals surface area contributed by atoms with Crippen LogP contribution in [0.5, 0.6) is 5.75 Å². The number of carbonyl (C=O) groups excluding carboxylic acids is 3. The molecule has 4 aliphatic heterocycles. The largest absolute Gasteiger partial charge is 0.494 e. The highest BCUT2D eigenvalue weighted by atomic mass is 16.5. The quantitative estimate of drug-likeness (QED) is 0.448. The van der Waals surface area contributed by atoms with Gasteiger partial charge in [0.2, 0.25) is 17.7 Å². The summed E-state index contributed by atoms with van der Waals surface area (Å²) in [6.45, 7) is 8.94. The van der Waals surface area contributed by atoms with Gasteiger partial charge < -0.3 is 29.3 Å². The number of anilines is 1. The van der Waals surface area contributed by atoms with Crippen LogP contribution < -0.4 is 9.64 Å². The Bertz CT molecular complexity index is 1320. The zero-order valence-electron chi connectivity index (χ0n) is 26.5. The number of aliphatic hydroxyl groups is 1. The van der Waals surface area contributed by atoms with E-state index < -0.39 is 35.1 Å². The van der Waals surface area contributed by atoms with Crippen molar-refractivity contribution in [3.8, 4) is 5.75 Å². The maximum atomic E-state index is 14.8. The highest BCUT2D eigenvalue weighted by molar-refractivity contribution is 6.04. The van der Waals surface area contributed by atoms with Gasteiger partial charge in [-0.15, -0.1) is 0 Å². The monoisotopic (exact) mass is 605 g/mol. The number of nitrogens with zero attached hydrogens (tertiary/aromatic N) is 3. The fourth-order valence-electron chi connectivity index (χ4n) is 8.53. The molecular weight excluding hydrogens is 558 g/mol. The topological polar surface area (TPSA) is 99.6 Å². The molecule has 1 aromatic rings. The second kappa shape index (κ2) is 12.0. The smallest absolute Gasteiger partial charge is 0.249 e. The van der Waals surface area contributed by atoms with Crippen LogP contribution in [0.3, 0.4) is 0 Å². The van der Waals surface area contributed by atoms with E-state index in [0.717, 1.165) is 37.9 Å². The molecule has 1 aromatic carbocycles. The summed E-state index contributed by atoms with van der Waals surface area (Å²) in [6, 6.07) is 5.98. The third kappa shape index (κ3) is 4.96. The highest BCUT2D eigenvalue weighted by Crippen LogP contribution is 2.58. The van der Waals surface area contributed by atoms with Crippen molar-refractivity contribution >= 4 is 23.4 Å². The molecule has 9 heteroatoms. The van der Waals surface area contributed by atoms with Crippen LogP contribution in [-0.4, -0.2) is 88.3 Å². The molecule has 1 aliphatic carbocycles. The van der Waals surface area contributed by atoms with Gasteiger partial charge in [-0.25, -0.2) is 0 Å². The molecule has 6 rings (SSSR count). The average molecular weight is 606 g/mol. The molecule has 9 nitrogen and oxygen atoms in total. The average Bonchev–Trinajstić information content (AvgIpc) is 3.28. The van der Waals surface area contributed by atoms with Gasteiger partial charge >= 0.3 is 0 Å². The van der Waals surface area contributed by atoms with Gasteiger partial charge in [-0.3, -0.25) is 14.4 Å². The van der Waals surface area contributed by atoms with Gasteiger partial charge in [0.05, 0.1) is 36.7 Å². The molecule has 2 saturated heterocycles. The third-order valence-electron chi connectivity index (χ3n) is 10.3. The minimum atomic E-state index is -1.33. The molecule has 1 spiro atoms. The summed E-state index contributed by atoms with van der Waals surface area (Å²) in [6.07, 6.45) is 13.4. The van der Waals surface area contributed by atoms with Crippen molar-refractivity contribution in [1.82, 2.24) is 9.80 Å². The van der Waals surface area contributed by atoms with E-state index in [-0.39, 0.29) is 36.3 Å². The van der Waals surface area contributed by atoms with Crippen LogP contribution in [0.1, 0.15) is 66.2 Å². The first-order valence-corrected chi connectivity index (χ1v) is 16.5. The van der Waals surface area contributed by atoms with E-state index >= 15 is 0 Å². The van der Waals surface area contributed by atoms with Crippen molar-refractivity contribution in [1.29, 1.82) is 0 Å². The molecule has 238 valence electrons. The number of hydrogen-bond donors (Lipinski definition) is 1. The number of likely N-dealkylation sites (tertiary alicyclic amines) is 1. The minimum absolute atomic E-state index is 0.101. The first-order valence-electron chi connectivity index (χ1n) is 16.5. The molecule has 5 aliphatic rings. The predicted molar refractivity (Wildman–Crippen MR) is 167 cm³/mol. The number of carbonyl (C=O) groups is 3. The van der Waals surface area contributed by atoms with Gasteiger partial charge in [0.15, 0.2) is 0 Å². The summed E-state index contributed by atoms with van der Waals surface area (Å²) in [5.74, 6) is -1.50. The number of hydrogen-bond acceptors (Lipinski definition) is 6. The van der Waals surface area contributed by atoms with Gasteiger partial charge in [-0.05, 0) is 63.3 Å². The summed E-state index contributed by atoms with van der Waals surface area (Å²) in [4.78, 5) is 49.5. The van der Waals surface area contributed by atoms with Gasteiger partial charge in [-0.2, -0.15) is 0 Å². The molecule has 3 amide bonds. The predicted octanol–water partition coefficient (Wildman–Crippen LogP) is 4.10. The Kier molecular flexibility index (Phi) is 8.39. The summed E-state index contributed by atoms with van der Waals surface area (Å²) in [5.41, 5.74) is -1.72. The van der Waals surface area contributed by atoms with Crippen molar-refractivity contribution in [3.05, 3.63) is 48.6 Å². The number of benzene rings is 1. The van der Waals surface area contributed by atoms with Crippen molar-refractivity contribution in [2.24, 2.45) is 17.8 Å². The zero-order valence-corrected chi connectivity index (χ0v) is 26.5. The number of amides is 3. The Hall–Kier alpha value is -3.17. The molecule has 1 N–H and O–H groups in total. The minimum Gasteiger partial charge on any atom is -0.494 e. The lowest BCUT2D eigenvalue weighted by atomic mass is 9.74. The van der Waals surface area contributed by atoms with E-state index in [9.17, 15) is 19.5 Å². The summed E-state index contributed by atoms with van der Waals surface area (Å²) < 4.78 is 12.6. The molecule has 0 aromatic heterocycles. The van der Waals surface area contributed by atoms with Gasteiger partial charge in [0, 0.05) is 24.8 Å². The van der Waals surface area contributed by atoms with Crippen LogP contribution in [0, 0.1) is 17.8 Å². The fourth-order valence-corrected chi connectivity index (χ4v) is 8.53. The molecule has 6 atom stereocenters.